The molecule has 40 heavy (non-hydrogen) atoms. The summed E-state index contributed by atoms with van der Waals surface area (Å²) in [7, 11) is 1.57. The number of pyridine rings is 2. The van der Waals surface area contributed by atoms with Crippen LogP contribution in [0.1, 0.15) is 23.6 Å². The Morgan fingerprint density at radius 2 is 1.80 bits per heavy atom. The highest BCUT2D eigenvalue weighted by molar-refractivity contribution is 6.39. The Labute approximate surface area is 242 Å². The van der Waals surface area contributed by atoms with Gasteiger partial charge in [-0.05, 0) is 36.2 Å². The summed E-state index contributed by atoms with van der Waals surface area (Å²) >= 11 is 13.9. The van der Waals surface area contributed by atoms with E-state index in [-0.39, 0.29) is 0 Å². The fourth-order valence-electron chi connectivity index (χ4n) is 4.81. The number of hydrogen-bond acceptors (Lipinski definition) is 6. The molecule has 0 aliphatic carbocycles. The molecule has 0 saturated carbocycles. The van der Waals surface area contributed by atoms with Gasteiger partial charge in [0.05, 0.1) is 34.6 Å². The van der Waals surface area contributed by atoms with Crippen LogP contribution in [0.5, 0.6) is 5.88 Å². The number of aliphatic hydroxyl groups is 1. The first kappa shape index (κ1) is 27.9. The highest BCUT2D eigenvalue weighted by Crippen LogP contribution is 2.42. The lowest BCUT2D eigenvalue weighted by atomic mass is 9.98. The summed E-state index contributed by atoms with van der Waals surface area (Å²) in [6, 6.07) is 17.1. The maximum atomic E-state index is 11.4. The largest absolute Gasteiger partial charge is 0.481 e. The van der Waals surface area contributed by atoms with Gasteiger partial charge in [-0.1, -0.05) is 59.6 Å². The van der Waals surface area contributed by atoms with Gasteiger partial charge in [0.25, 0.3) is 0 Å². The van der Waals surface area contributed by atoms with Gasteiger partial charge < -0.3 is 20.3 Å². The number of amides is 1. The molecule has 3 heterocycles. The standard InChI is InChI=1S/C30H28Cl2N4O4/c1-17(37)13-33-14-19-8-9-25(35-29(19)40-2)24-5-3-4-22(26(24)31)23-10-11-34-28(27(23)32)18-6-7-20-15-36(30(38)39)16-21(20)12-18/h3-12,17,33,37H,13-16H2,1-2H3,(H,38,39)/t17-/m0/s1. The van der Waals surface area contributed by atoms with Crippen LogP contribution < -0.4 is 10.1 Å². The second kappa shape index (κ2) is 11.8. The maximum Gasteiger partial charge on any atom is 0.407 e. The molecular formula is C30H28Cl2N4O4. The van der Waals surface area contributed by atoms with Crippen LogP contribution in [0.4, 0.5) is 4.79 Å². The second-order valence-electron chi connectivity index (χ2n) is 9.66. The van der Waals surface area contributed by atoms with Gasteiger partial charge in [-0.15, -0.1) is 0 Å². The summed E-state index contributed by atoms with van der Waals surface area (Å²) in [5.41, 5.74) is 6.99. The Hall–Kier alpha value is -3.69. The number of rotatable bonds is 8. The monoisotopic (exact) mass is 578 g/mol. The predicted octanol–water partition coefficient (Wildman–Crippen LogP) is 6.26. The molecule has 0 radical (unpaired) electrons. The van der Waals surface area contributed by atoms with E-state index in [0.717, 1.165) is 38.9 Å². The van der Waals surface area contributed by atoms with Gasteiger partial charge in [0.1, 0.15) is 0 Å². The molecule has 0 spiro atoms. The molecular weight excluding hydrogens is 551 g/mol. The van der Waals surface area contributed by atoms with Gasteiger partial charge >= 0.3 is 6.09 Å². The Morgan fingerprint density at radius 1 is 1.05 bits per heavy atom. The topological polar surface area (TPSA) is 108 Å². The summed E-state index contributed by atoms with van der Waals surface area (Å²) in [5, 5.41) is 23.0. The number of ether oxygens (including phenoxy) is 1. The maximum absolute atomic E-state index is 11.4. The number of hydrogen-bond donors (Lipinski definition) is 3. The molecule has 10 heteroatoms. The van der Waals surface area contributed by atoms with Crippen LogP contribution in [0.2, 0.25) is 10.0 Å². The van der Waals surface area contributed by atoms with E-state index < -0.39 is 12.2 Å². The number of carboxylic acid groups (broad SMARTS) is 1. The average Bonchev–Trinajstić information content (AvgIpc) is 3.38. The second-order valence-corrected chi connectivity index (χ2v) is 10.4. The van der Waals surface area contributed by atoms with Crippen LogP contribution >= 0.6 is 23.2 Å². The lowest BCUT2D eigenvalue weighted by Gasteiger charge is -2.15. The van der Waals surface area contributed by atoms with Gasteiger partial charge in [-0.2, -0.15) is 0 Å². The van der Waals surface area contributed by atoms with Crippen LogP contribution in [-0.4, -0.2) is 50.9 Å². The van der Waals surface area contributed by atoms with Crippen molar-refractivity contribution in [2.24, 2.45) is 0 Å². The molecule has 2 aromatic heterocycles. The summed E-state index contributed by atoms with van der Waals surface area (Å²) in [5.74, 6) is 0.472. The van der Waals surface area contributed by atoms with Crippen molar-refractivity contribution in [3.63, 3.8) is 0 Å². The molecule has 1 aliphatic rings. The summed E-state index contributed by atoms with van der Waals surface area (Å²) in [6.07, 6.45) is 0.289. The number of carbonyl (C=O) groups is 1. The van der Waals surface area contributed by atoms with E-state index in [1.807, 2.05) is 54.6 Å². The third-order valence-corrected chi connectivity index (χ3v) is 7.60. The van der Waals surface area contributed by atoms with E-state index in [2.05, 4.69) is 10.3 Å². The average molecular weight is 579 g/mol. The molecule has 1 amide bonds. The van der Waals surface area contributed by atoms with E-state index in [1.54, 1.807) is 20.2 Å². The fraction of sp³-hybridized carbons (Fsp3) is 0.233. The van der Waals surface area contributed by atoms with Crippen molar-refractivity contribution in [1.82, 2.24) is 20.2 Å². The van der Waals surface area contributed by atoms with E-state index in [0.29, 0.717) is 53.5 Å². The molecule has 2 aromatic carbocycles. The number of benzene rings is 2. The lowest BCUT2D eigenvalue weighted by Crippen LogP contribution is -2.24. The smallest absolute Gasteiger partial charge is 0.407 e. The van der Waals surface area contributed by atoms with Crippen molar-refractivity contribution in [1.29, 1.82) is 0 Å². The van der Waals surface area contributed by atoms with E-state index in [9.17, 15) is 15.0 Å². The number of methoxy groups -OCH3 is 1. The Morgan fingerprint density at radius 3 is 2.55 bits per heavy atom. The number of aliphatic hydroxyl groups excluding tert-OH is 1. The normalized spacial score (nSPS) is 13.3. The van der Waals surface area contributed by atoms with Gasteiger partial charge in [0.15, 0.2) is 0 Å². The van der Waals surface area contributed by atoms with Crippen molar-refractivity contribution < 1.29 is 19.7 Å². The van der Waals surface area contributed by atoms with Crippen LogP contribution in [0, 0.1) is 0 Å². The molecule has 4 aromatic rings. The van der Waals surface area contributed by atoms with Crippen LogP contribution in [0.3, 0.4) is 0 Å². The van der Waals surface area contributed by atoms with Crippen LogP contribution in [-0.2, 0) is 19.6 Å². The molecule has 0 bridgehead atoms. The summed E-state index contributed by atoms with van der Waals surface area (Å²) in [6.45, 7) is 3.38. The molecule has 8 nitrogen and oxygen atoms in total. The summed E-state index contributed by atoms with van der Waals surface area (Å²) in [4.78, 5) is 22.0. The van der Waals surface area contributed by atoms with Gasteiger partial charge in [-0.3, -0.25) is 9.88 Å². The zero-order chi connectivity index (χ0) is 28.4. The van der Waals surface area contributed by atoms with E-state index in [1.165, 1.54) is 4.90 Å². The molecule has 0 saturated heterocycles. The lowest BCUT2D eigenvalue weighted by molar-refractivity contribution is 0.145. The Bertz CT molecular complexity index is 1580. The minimum atomic E-state index is -0.944. The minimum absolute atomic E-state index is 0.329. The molecule has 0 unspecified atom stereocenters. The number of nitrogens with one attached hydrogen (secondary N) is 1. The van der Waals surface area contributed by atoms with E-state index in [4.69, 9.17) is 32.9 Å². The van der Waals surface area contributed by atoms with Gasteiger partial charge in [0.2, 0.25) is 5.88 Å². The predicted molar refractivity (Wildman–Crippen MR) is 156 cm³/mol. The van der Waals surface area contributed by atoms with Crippen molar-refractivity contribution in [3.8, 4) is 39.5 Å². The number of halogens is 2. The molecule has 1 atom stereocenters. The molecule has 1 aliphatic heterocycles. The highest BCUT2D eigenvalue weighted by Gasteiger charge is 2.24. The quantitative estimate of drug-likeness (QED) is 0.226. The van der Waals surface area contributed by atoms with Crippen molar-refractivity contribution in [2.75, 3.05) is 13.7 Å². The minimum Gasteiger partial charge on any atom is -0.481 e. The molecule has 3 N–H and O–H groups in total. The number of aromatic nitrogens is 2. The van der Waals surface area contributed by atoms with Crippen molar-refractivity contribution in [3.05, 3.63) is 87.5 Å². The highest BCUT2D eigenvalue weighted by atomic mass is 35.5. The number of nitrogens with zero attached hydrogens (tertiary/aromatic N) is 3. The van der Waals surface area contributed by atoms with E-state index >= 15 is 0 Å². The number of fused-ring (bicyclic) bond motifs is 1. The summed E-state index contributed by atoms with van der Waals surface area (Å²) < 4.78 is 5.53. The first-order valence-electron chi connectivity index (χ1n) is 12.7. The molecule has 5 rings (SSSR count). The Kier molecular flexibility index (Phi) is 8.23. The van der Waals surface area contributed by atoms with Gasteiger partial charge in [0, 0.05) is 60.2 Å². The zero-order valence-corrected chi connectivity index (χ0v) is 23.5. The zero-order valence-electron chi connectivity index (χ0n) is 22.0. The first-order chi connectivity index (χ1) is 19.3. The van der Waals surface area contributed by atoms with Gasteiger partial charge in [-0.25, -0.2) is 9.78 Å². The molecule has 0 fully saturated rings. The van der Waals surface area contributed by atoms with Crippen LogP contribution in [0.15, 0.2) is 60.8 Å². The molecule has 206 valence electrons. The first-order valence-corrected chi connectivity index (χ1v) is 13.5. The SMILES string of the molecule is COc1nc(-c2cccc(-c3ccnc(-c4ccc5c(c4)CN(C(=O)O)C5)c3Cl)c2Cl)ccc1CNC[C@H](C)O. The fourth-order valence-corrected chi connectivity index (χ4v) is 5.46. The van der Waals surface area contributed by atoms with Crippen LogP contribution in [0.25, 0.3) is 33.6 Å². The Balaban J connectivity index is 1.48. The van der Waals surface area contributed by atoms with Crippen molar-refractivity contribution >= 4 is 29.3 Å². The third kappa shape index (κ3) is 5.62. The third-order valence-electron chi connectivity index (χ3n) is 6.81. The van der Waals surface area contributed by atoms with Crippen molar-refractivity contribution in [2.45, 2.75) is 32.7 Å².